The topological polar surface area (TPSA) is 112 Å². The number of fused-ring (bicyclic) bond motifs is 1. The highest BCUT2D eigenvalue weighted by molar-refractivity contribution is 7.98. The third-order valence-corrected chi connectivity index (χ3v) is 7.11. The molecule has 8 nitrogen and oxygen atoms in total. The fourth-order valence-electron chi connectivity index (χ4n) is 3.03. The molecule has 1 saturated heterocycles. The molecule has 0 radical (unpaired) electrons. The highest BCUT2D eigenvalue weighted by Crippen LogP contribution is 2.25. The van der Waals surface area contributed by atoms with E-state index in [1.54, 1.807) is 35.0 Å². The van der Waals surface area contributed by atoms with Gasteiger partial charge in [0.05, 0.1) is 6.04 Å². The van der Waals surface area contributed by atoms with Crippen LogP contribution in [0.3, 0.4) is 0 Å². The van der Waals surface area contributed by atoms with E-state index in [9.17, 15) is 13.2 Å². The van der Waals surface area contributed by atoms with E-state index in [-0.39, 0.29) is 23.9 Å². The third kappa shape index (κ3) is 3.73. The summed E-state index contributed by atoms with van der Waals surface area (Å²) < 4.78 is 27.3. The molecule has 1 amide bonds. The smallest absolute Gasteiger partial charge is 0.245 e. The monoisotopic (exact) mass is 397 g/mol. The van der Waals surface area contributed by atoms with Crippen molar-refractivity contribution in [3.05, 3.63) is 24.5 Å². The van der Waals surface area contributed by atoms with E-state index in [1.807, 2.05) is 6.26 Å². The molecule has 2 aromatic rings. The predicted molar refractivity (Wildman–Crippen MR) is 102 cm³/mol. The summed E-state index contributed by atoms with van der Waals surface area (Å²) in [4.78, 5) is 21.3. The number of thioether (sulfide) groups is 1. The van der Waals surface area contributed by atoms with Gasteiger partial charge >= 0.3 is 0 Å². The third-order valence-electron chi connectivity index (χ3n) is 4.53. The largest absolute Gasteiger partial charge is 0.345 e. The maximum absolute atomic E-state index is 13.0. The summed E-state index contributed by atoms with van der Waals surface area (Å²) in [5.74, 6) is 0.725. The quantitative estimate of drug-likeness (QED) is 0.733. The van der Waals surface area contributed by atoms with Crippen molar-refractivity contribution in [3.8, 4) is 0 Å². The number of hydrogen-bond acceptors (Lipinski definition) is 6. The van der Waals surface area contributed by atoms with Crippen LogP contribution in [0.15, 0.2) is 29.4 Å². The molecule has 0 spiro atoms. The molecular weight excluding hydrogens is 374 g/mol. The van der Waals surface area contributed by atoms with Crippen LogP contribution in [0.5, 0.6) is 0 Å². The number of nitrogens with one attached hydrogen (secondary N) is 1. The second-order valence-corrected chi connectivity index (χ2v) is 9.06. The molecule has 0 aliphatic carbocycles. The van der Waals surface area contributed by atoms with Crippen LogP contribution in [-0.4, -0.2) is 77.7 Å². The molecule has 3 N–H and O–H groups in total. The van der Waals surface area contributed by atoms with Crippen LogP contribution in [0.25, 0.3) is 11.0 Å². The molecule has 0 bridgehead atoms. The van der Waals surface area contributed by atoms with Gasteiger partial charge in [-0.2, -0.15) is 16.1 Å². The summed E-state index contributed by atoms with van der Waals surface area (Å²) in [5, 5.41) is 0.574. The molecule has 10 heteroatoms. The fraction of sp³-hybridized carbons (Fsp3) is 0.500. The zero-order valence-corrected chi connectivity index (χ0v) is 16.2. The second-order valence-electron chi connectivity index (χ2n) is 6.17. The van der Waals surface area contributed by atoms with Gasteiger partial charge in [-0.05, 0) is 30.6 Å². The van der Waals surface area contributed by atoms with Crippen molar-refractivity contribution in [3.63, 3.8) is 0 Å². The minimum atomic E-state index is -3.64. The minimum Gasteiger partial charge on any atom is -0.345 e. The maximum Gasteiger partial charge on any atom is 0.245 e. The molecule has 3 heterocycles. The van der Waals surface area contributed by atoms with Crippen molar-refractivity contribution in [2.24, 2.45) is 5.73 Å². The van der Waals surface area contributed by atoms with Gasteiger partial charge in [0, 0.05) is 44.0 Å². The highest BCUT2D eigenvalue weighted by atomic mass is 32.2. The zero-order valence-electron chi connectivity index (χ0n) is 14.6. The summed E-state index contributed by atoms with van der Waals surface area (Å²) in [6.07, 6.45) is 5.69. The molecule has 142 valence electrons. The minimum absolute atomic E-state index is 0.104. The number of sulfonamides is 1. The van der Waals surface area contributed by atoms with Gasteiger partial charge in [0.15, 0.2) is 0 Å². The first-order valence-corrected chi connectivity index (χ1v) is 11.2. The molecule has 1 fully saturated rings. The van der Waals surface area contributed by atoms with Crippen LogP contribution in [0.1, 0.15) is 6.42 Å². The van der Waals surface area contributed by atoms with Crippen LogP contribution in [0, 0.1) is 0 Å². The van der Waals surface area contributed by atoms with E-state index < -0.39 is 16.1 Å². The van der Waals surface area contributed by atoms with E-state index in [0.717, 1.165) is 5.75 Å². The number of aromatic amines is 1. The zero-order chi connectivity index (χ0) is 18.7. The summed E-state index contributed by atoms with van der Waals surface area (Å²) in [7, 11) is -3.64. The van der Waals surface area contributed by atoms with Gasteiger partial charge in [-0.15, -0.1) is 0 Å². The molecule has 0 unspecified atom stereocenters. The number of H-pyrrole nitrogens is 1. The molecule has 1 atom stereocenters. The van der Waals surface area contributed by atoms with Crippen molar-refractivity contribution in [1.29, 1.82) is 0 Å². The number of pyridine rings is 1. The lowest BCUT2D eigenvalue weighted by Gasteiger charge is -2.35. The SMILES string of the molecule is CSCC[C@H](N)C(=O)N1CCN(S(=O)(=O)c2c[nH]c3ncccc23)CC1. The fourth-order valence-corrected chi connectivity index (χ4v) is 5.10. The van der Waals surface area contributed by atoms with Gasteiger partial charge in [-0.1, -0.05) is 0 Å². The van der Waals surface area contributed by atoms with Crippen LogP contribution in [0.4, 0.5) is 0 Å². The lowest BCUT2D eigenvalue weighted by molar-refractivity contribution is -0.133. The average molecular weight is 398 g/mol. The molecule has 0 saturated carbocycles. The first kappa shape index (κ1) is 19.2. The number of rotatable bonds is 6. The Hall–Kier alpha value is -1.62. The summed E-state index contributed by atoms with van der Waals surface area (Å²) in [6, 6.07) is 2.92. The Morgan fingerprint density at radius 1 is 1.38 bits per heavy atom. The van der Waals surface area contributed by atoms with Gasteiger partial charge < -0.3 is 15.6 Å². The van der Waals surface area contributed by atoms with Crippen LogP contribution >= 0.6 is 11.8 Å². The normalized spacial score (nSPS) is 17.5. The van der Waals surface area contributed by atoms with E-state index in [0.29, 0.717) is 30.5 Å². The first-order valence-electron chi connectivity index (χ1n) is 8.40. The Bertz CT molecular complexity index is 875. The Kier molecular flexibility index (Phi) is 5.86. The van der Waals surface area contributed by atoms with Gasteiger partial charge in [-0.3, -0.25) is 4.79 Å². The van der Waals surface area contributed by atoms with Crippen molar-refractivity contribution in [2.45, 2.75) is 17.4 Å². The molecule has 1 aliphatic rings. The molecule has 0 aromatic carbocycles. The number of carbonyl (C=O) groups excluding carboxylic acids is 1. The van der Waals surface area contributed by atoms with Gasteiger partial charge in [0.25, 0.3) is 0 Å². The van der Waals surface area contributed by atoms with Crippen LogP contribution in [-0.2, 0) is 14.8 Å². The standard InChI is InChI=1S/C16H23N5O3S2/c1-25-10-4-13(17)16(22)20-6-8-21(9-7-20)26(23,24)14-11-19-15-12(14)3-2-5-18-15/h2-3,5,11,13H,4,6-10,17H2,1H3,(H,18,19)/t13-/m0/s1. The van der Waals surface area contributed by atoms with E-state index in [2.05, 4.69) is 9.97 Å². The Morgan fingerprint density at radius 3 is 2.81 bits per heavy atom. The number of nitrogens with two attached hydrogens (primary N) is 1. The Morgan fingerprint density at radius 2 is 2.12 bits per heavy atom. The molecular formula is C16H23N5O3S2. The molecule has 2 aromatic heterocycles. The van der Waals surface area contributed by atoms with E-state index >= 15 is 0 Å². The van der Waals surface area contributed by atoms with Crippen LogP contribution < -0.4 is 5.73 Å². The van der Waals surface area contributed by atoms with Gasteiger partial charge in [-0.25, -0.2) is 13.4 Å². The van der Waals surface area contributed by atoms with Crippen molar-refractivity contribution < 1.29 is 13.2 Å². The van der Waals surface area contributed by atoms with Crippen molar-refractivity contribution in [2.75, 3.05) is 38.2 Å². The summed E-state index contributed by atoms with van der Waals surface area (Å²) in [6.45, 7) is 1.23. The lowest BCUT2D eigenvalue weighted by Crippen LogP contribution is -2.54. The summed E-state index contributed by atoms with van der Waals surface area (Å²) >= 11 is 1.65. The molecule has 1 aliphatic heterocycles. The lowest BCUT2D eigenvalue weighted by atomic mass is 10.2. The summed E-state index contributed by atoms with van der Waals surface area (Å²) in [5.41, 5.74) is 6.49. The number of aromatic nitrogens is 2. The maximum atomic E-state index is 13.0. The van der Waals surface area contributed by atoms with Crippen LogP contribution in [0.2, 0.25) is 0 Å². The Balaban J connectivity index is 1.68. The predicted octanol–water partition coefficient (Wildman–Crippen LogP) is 0.476. The van der Waals surface area contributed by atoms with Crippen molar-refractivity contribution >= 4 is 38.7 Å². The molecule has 26 heavy (non-hydrogen) atoms. The molecule has 3 rings (SSSR count). The Labute approximate surface area is 157 Å². The van der Waals surface area contributed by atoms with E-state index in [4.69, 9.17) is 5.73 Å². The number of nitrogens with zero attached hydrogens (tertiary/aromatic N) is 3. The average Bonchev–Trinajstić information content (AvgIpc) is 3.10. The van der Waals surface area contributed by atoms with Gasteiger partial charge in [0.1, 0.15) is 10.5 Å². The number of carbonyl (C=O) groups is 1. The number of hydrogen-bond donors (Lipinski definition) is 2. The first-order chi connectivity index (χ1) is 12.4. The second kappa shape index (κ2) is 7.95. The number of piperazine rings is 1. The number of amides is 1. The van der Waals surface area contributed by atoms with Gasteiger partial charge in [0.2, 0.25) is 15.9 Å². The highest BCUT2D eigenvalue weighted by Gasteiger charge is 2.32. The van der Waals surface area contributed by atoms with E-state index in [1.165, 1.54) is 10.5 Å². The van der Waals surface area contributed by atoms with Crippen molar-refractivity contribution in [1.82, 2.24) is 19.2 Å².